The Kier molecular flexibility index (Phi) is 8.07. The predicted molar refractivity (Wildman–Crippen MR) is 117 cm³/mol. The highest BCUT2D eigenvalue weighted by molar-refractivity contribution is 8.05. The monoisotopic (exact) mass is 455 g/mol. The molecule has 156 valence electrons. The Morgan fingerprint density at radius 3 is 2.59 bits per heavy atom. The molecule has 0 fully saturated rings. The van der Waals surface area contributed by atoms with Gasteiger partial charge in [0, 0.05) is 36.2 Å². The zero-order valence-electron chi connectivity index (χ0n) is 16.7. The Bertz CT molecular complexity index is 896. The number of carbonyl (C=O) groups excluding carboxylic acids is 1. The van der Waals surface area contributed by atoms with Crippen LogP contribution in [0.25, 0.3) is 0 Å². The summed E-state index contributed by atoms with van der Waals surface area (Å²) in [6.07, 6.45) is 0.343. The summed E-state index contributed by atoms with van der Waals surface area (Å²) in [6.45, 7) is 6.41. The van der Waals surface area contributed by atoms with Gasteiger partial charge in [0.1, 0.15) is 4.91 Å². The number of allylic oxidation sites excluding steroid dienone is 1. The van der Waals surface area contributed by atoms with Crippen LogP contribution in [0.5, 0.6) is 0 Å². The Morgan fingerprint density at radius 1 is 1.34 bits per heavy atom. The predicted octanol–water partition coefficient (Wildman–Crippen LogP) is 4.93. The minimum atomic E-state index is -1.08. The molecular formula is C21H23Cl2NO4S. The van der Waals surface area contributed by atoms with Gasteiger partial charge in [-0.05, 0) is 39.0 Å². The maximum Gasteiger partial charge on any atom is 0.344 e. The normalized spacial score (nSPS) is 16.4. The summed E-state index contributed by atoms with van der Waals surface area (Å²) in [6, 6.07) is 4.59. The number of aliphatic carboxylic acids is 1. The van der Waals surface area contributed by atoms with Crippen molar-refractivity contribution in [2.75, 3.05) is 20.3 Å². The molecule has 1 aliphatic rings. The van der Waals surface area contributed by atoms with Crippen molar-refractivity contribution in [2.45, 2.75) is 32.4 Å². The van der Waals surface area contributed by atoms with Crippen molar-refractivity contribution < 1.29 is 19.4 Å². The maximum absolute atomic E-state index is 13.2. The number of methoxy groups -OCH3 is 1. The van der Waals surface area contributed by atoms with E-state index < -0.39 is 11.9 Å². The number of benzene rings is 1. The van der Waals surface area contributed by atoms with E-state index >= 15 is 0 Å². The van der Waals surface area contributed by atoms with E-state index in [9.17, 15) is 14.7 Å². The summed E-state index contributed by atoms with van der Waals surface area (Å²) >= 11 is 13.3. The zero-order valence-corrected chi connectivity index (χ0v) is 19.0. The van der Waals surface area contributed by atoms with Crippen molar-refractivity contribution in [3.63, 3.8) is 0 Å². The molecule has 1 N–H and O–H groups in total. The highest BCUT2D eigenvalue weighted by atomic mass is 35.5. The van der Waals surface area contributed by atoms with Gasteiger partial charge in [-0.25, -0.2) is 4.79 Å². The molecule has 0 saturated carbocycles. The fourth-order valence-corrected chi connectivity index (χ4v) is 4.22. The number of hydrogen-bond donors (Lipinski definition) is 1. The quantitative estimate of drug-likeness (QED) is 0.615. The third-order valence-corrected chi connectivity index (χ3v) is 5.72. The number of thioether (sulfide) groups is 1. The van der Waals surface area contributed by atoms with E-state index in [4.69, 9.17) is 27.9 Å². The van der Waals surface area contributed by atoms with Crippen LogP contribution in [0.15, 0.2) is 28.8 Å². The number of carboxylic acid groups (broad SMARTS) is 1. The highest BCUT2D eigenvalue weighted by Crippen LogP contribution is 2.40. The van der Waals surface area contributed by atoms with Crippen LogP contribution >= 0.6 is 35.0 Å². The Hall–Kier alpha value is -1.65. The second kappa shape index (κ2) is 9.90. The first-order valence-electron chi connectivity index (χ1n) is 8.95. The van der Waals surface area contributed by atoms with Gasteiger partial charge in [0.15, 0.2) is 0 Å². The SMILES string of the molecule is COCCN(C(=O)c1ccc(Cl)cc1Cl)C1=C(C(=O)O)SC(C#CC(C)(C)C)C1. The molecule has 2 rings (SSSR count). The number of rotatable bonds is 6. The first-order valence-corrected chi connectivity index (χ1v) is 10.6. The fourth-order valence-electron chi connectivity index (χ4n) is 2.65. The molecule has 1 heterocycles. The number of amides is 1. The first kappa shape index (κ1) is 23.6. The summed E-state index contributed by atoms with van der Waals surface area (Å²) < 4.78 is 5.13. The van der Waals surface area contributed by atoms with E-state index in [1.807, 2.05) is 20.8 Å². The van der Waals surface area contributed by atoms with Crippen LogP contribution in [-0.2, 0) is 9.53 Å². The van der Waals surface area contributed by atoms with Gasteiger partial charge in [0.05, 0.1) is 22.4 Å². The topological polar surface area (TPSA) is 66.8 Å². The van der Waals surface area contributed by atoms with E-state index in [0.717, 1.165) is 0 Å². The number of carboxylic acids is 1. The third-order valence-electron chi connectivity index (χ3n) is 3.95. The number of nitrogens with zero attached hydrogens (tertiary/aromatic N) is 1. The second-order valence-electron chi connectivity index (χ2n) is 7.48. The second-order valence-corrected chi connectivity index (χ2v) is 9.54. The number of carbonyl (C=O) groups is 2. The zero-order chi connectivity index (χ0) is 21.8. The van der Waals surface area contributed by atoms with Crippen LogP contribution in [0.3, 0.4) is 0 Å². The standard InChI is InChI=1S/C21H23Cl2NO4S/c1-21(2,3)8-7-14-12-17(18(29-14)20(26)27)24(9-10-28-4)19(25)15-6-5-13(22)11-16(15)23/h5-6,11,14H,9-10,12H2,1-4H3,(H,26,27). The molecule has 0 bridgehead atoms. The Balaban J connectivity index is 2.42. The highest BCUT2D eigenvalue weighted by Gasteiger charge is 2.35. The molecule has 1 aromatic rings. The van der Waals surface area contributed by atoms with Crippen molar-refractivity contribution >= 4 is 46.8 Å². The molecular weight excluding hydrogens is 433 g/mol. The molecule has 1 aromatic carbocycles. The maximum atomic E-state index is 13.2. The molecule has 0 radical (unpaired) electrons. The van der Waals surface area contributed by atoms with E-state index in [0.29, 0.717) is 17.1 Å². The van der Waals surface area contributed by atoms with Crippen LogP contribution in [0, 0.1) is 17.3 Å². The summed E-state index contributed by atoms with van der Waals surface area (Å²) in [5, 5.41) is 10.1. The van der Waals surface area contributed by atoms with Crippen LogP contribution in [0.1, 0.15) is 37.6 Å². The summed E-state index contributed by atoms with van der Waals surface area (Å²) in [7, 11) is 1.52. The van der Waals surface area contributed by atoms with Gasteiger partial charge in [-0.15, -0.1) is 0 Å². The summed E-state index contributed by atoms with van der Waals surface area (Å²) in [4.78, 5) is 26.6. The average molecular weight is 456 g/mol. The third kappa shape index (κ3) is 6.42. The van der Waals surface area contributed by atoms with Gasteiger partial charge in [-0.1, -0.05) is 46.8 Å². The first-order chi connectivity index (χ1) is 13.5. The number of ether oxygens (including phenoxy) is 1. The molecule has 0 aromatic heterocycles. The van der Waals surface area contributed by atoms with Gasteiger partial charge in [0.25, 0.3) is 5.91 Å². The smallest absolute Gasteiger partial charge is 0.344 e. The van der Waals surface area contributed by atoms with Crippen molar-refractivity contribution in [2.24, 2.45) is 5.41 Å². The van der Waals surface area contributed by atoms with E-state index in [2.05, 4.69) is 11.8 Å². The molecule has 1 unspecified atom stereocenters. The molecule has 0 saturated heterocycles. The molecule has 1 atom stereocenters. The number of halogens is 2. The summed E-state index contributed by atoms with van der Waals surface area (Å²) in [5.74, 6) is 4.81. The lowest BCUT2D eigenvalue weighted by molar-refractivity contribution is -0.131. The van der Waals surface area contributed by atoms with E-state index in [1.165, 1.54) is 35.9 Å². The lowest BCUT2D eigenvalue weighted by Gasteiger charge is -2.25. The molecule has 5 nitrogen and oxygen atoms in total. The van der Waals surface area contributed by atoms with Crippen LogP contribution < -0.4 is 0 Å². The van der Waals surface area contributed by atoms with Crippen molar-refractivity contribution in [1.29, 1.82) is 0 Å². The van der Waals surface area contributed by atoms with Gasteiger partial charge < -0.3 is 14.7 Å². The largest absolute Gasteiger partial charge is 0.477 e. The van der Waals surface area contributed by atoms with E-state index in [1.54, 1.807) is 6.07 Å². The van der Waals surface area contributed by atoms with Crippen molar-refractivity contribution in [3.05, 3.63) is 44.4 Å². The fraction of sp³-hybridized carbons (Fsp3) is 0.429. The lowest BCUT2D eigenvalue weighted by Crippen LogP contribution is -2.34. The number of hydrogen-bond acceptors (Lipinski definition) is 4. The van der Waals surface area contributed by atoms with Gasteiger partial charge >= 0.3 is 5.97 Å². The van der Waals surface area contributed by atoms with Crippen molar-refractivity contribution in [1.82, 2.24) is 4.90 Å². The minimum Gasteiger partial charge on any atom is -0.477 e. The Morgan fingerprint density at radius 2 is 2.03 bits per heavy atom. The van der Waals surface area contributed by atoms with E-state index in [-0.39, 0.29) is 39.3 Å². The van der Waals surface area contributed by atoms with Crippen molar-refractivity contribution in [3.8, 4) is 11.8 Å². The van der Waals surface area contributed by atoms with Gasteiger partial charge in [0.2, 0.25) is 0 Å². The molecule has 8 heteroatoms. The van der Waals surface area contributed by atoms with Gasteiger partial charge in [-0.3, -0.25) is 4.79 Å². The summed E-state index contributed by atoms with van der Waals surface area (Å²) in [5.41, 5.74) is 0.470. The average Bonchev–Trinajstić information content (AvgIpc) is 3.04. The molecule has 0 aliphatic carbocycles. The molecule has 29 heavy (non-hydrogen) atoms. The van der Waals surface area contributed by atoms with Crippen LogP contribution in [0.2, 0.25) is 10.0 Å². The molecule has 1 amide bonds. The van der Waals surface area contributed by atoms with Crippen LogP contribution in [-0.4, -0.2) is 47.4 Å². The Labute approximate surface area is 185 Å². The molecule has 1 aliphatic heterocycles. The minimum absolute atomic E-state index is 0.118. The van der Waals surface area contributed by atoms with Crippen LogP contribution in [0.4, 0.5) is 0 Å². The lowest BCUT2D eigenvalue weighted by atomic mass is 9.97. The van der Waals surface area contributed by atoms with Gasteiger partial charge in [-0.2, -0.15) is 0 Å². The molecule has 0 spiro atoms.